The number of aromatic amines is 2. The molecule has 2 aromatic heterocycles. The first-order valence-corrected chi connectivity index (χ1v) is 12.6. The van der Waals surface area contributed by atoms with Crippen molar-refractivity contribution >= 4 is 38.8 Å². The number of benzene rings is 2. The standard InChI is InChI=1S/C23H25N7O5S/c31-21(27-14-19(22(32)33)30-36(34,35)15-6-2-1-3-7-15)17-9-4-8-16-18(28-29-20(16)17)10-5-11-24-23-25-12-13-26-23/h1-4,6-9,12-13,19,30H,5,10-11,14H2,(H,27,31)(H,28,29)(H,32,33)(H2,24,25,26). The Morgan fingerprint density at radius 1 is 1.08 bits per heavy atom. The highest BCUT2D eigenvalue weighted by molar-refractivity contribution is 7.89. The lowest BCUT2D eigenvalue weighted by Gasteiger charge is -2.15. The molecule has 0 saturated heterocycles. The molecule has 13 heteroatoms. The molecule has 188 valence electrons. The second kappa shape index (κ2) is 11.0. The van der Waals surface area contributed by atoms with E-state index >= 15 is 0 Å². The summed E-state index contributed by atoms with van der Waals surface area (Å²) in [7, 11) is -4.08. The number of aliphatic carboxylic acids is 1. The van der Waals surface area contributed by atoms with Gasteiger partial charge < -0.3 is 20.7 Å². The van der Waals surface area contributed by atoms with Crippen LogP contribution in [0.4, 0.5) is 5.95 Å². The van der Waals surface area contributed by atoms with Crippen molar-refractivity contribution < 1.29 is 23.1 Å². The van der Waals surface area contributed by atoms with Crippen molar-refractivity contribution in [2.24, 2.45) is 0 Å². The van der Waals surface area contributed by atoms with Gasteiger partial charge in [0, 0.05) is 36.6 Å². The molecule has 1 amide bonds. The minimum atomic E-state index is -4.08. The zero-order valence-corrected chi connectivity index (χ0v) is 19.9. The Kier molecular flexibility index (Phi) is 7.61. The Balaban J connectivity index is 1.39. The summed E-state index contributed by atoms with van der Waals surface area (Å²) in [6, 6.07) is 11.0. The molecule has 0 bridgehead atoms. The third-order valence-electron chi connectivity index (χ3n) is 5.42. The molecule has 0 aliphatic heterocycles. The minimum Gasteiger partial charge on any atom is -0.480 e. The van der Waals surface area contributed by atoms with Gasteiger partial charge in [0.1, 0.15) is 11.6 Å². The lowest BCUT2D eigenvalue weighted by molar-refractivity contribution is -0.138. The molecular formula is C23H25N7O5S. The number of fused-ring (bicyclic) bond motifs is 1. The SMILES string of the molecule is O=C(NCC(NS(=O)(=O)c1ccccc1)C(=O)O)c1cccc2c(CCCNc3ncc[nH]3)[nH]nc12. The van der Waals surface area contributed by atoms with E-state index in [0.717, 1.165) is 17.5 Å². The fourth-order valence-corrected chi connectivity index (χ4v) is 4.83. The van der Waals surface area contributed by atoms with Gasteiger partial charge in [-0.1, -0.05) is 30.3 Å². The van der Waals surface area contributed by atoms with E-state index < -0.39 is 34.5 Å². The van der Waals surface area contributed by atoms with Crippen LogP contribution >= 0.6 is 0 Å². The first-order chi connectivity index (χ1) is 17.3. The number of aryl methyl sites for hydroxylation is 1. The molecule has 36 heavy (non-hydrogen) atoms. The van der Waals surface area contributed by atoms with Crippen molar-refractivity contribution in [3.05, 3.63) is 72.2 Å². The maximum Gasteiger partial charge on any atom is 0.323 e. The number of nitrogens with one attached hydrogen (secondary N) is 5. The summed E-state index contributed by atoms with van der Waals surface area (Å²) in [6.07, 6.45) is 4.86. The Morgan fingerprint density at radius 2 is 1.89 bits per heavy atom. The zero-order chi connectivity index (χ0) is 25.5. The van der Waals surface area contributed by atoms with E-state index in [2.05, 4.69) is 35.5 Å². The number of carbonyl (C=O) groups is 2. The molecule has 0 radical (unpaired) electrons. The summed E-state index contributed by atoms with van der Waals surface area (Å²) < 4.78 is 27.1. The van der Waals surface area contributed by atoms with Crippen LogP contribution in [0.15, 0.2) is 65.8 Å². The first-order valence-electron chi connectivity index (χ1n) is 11.1. The Hall–Kier alpha value is -4.23. The molecule has 6 N–H and O–H groups in total. The second-order valence-electron chi connectivity index (χ2n) is 7.91. The third-order valence-corrected chi connectivity index (χ3v) is 6.91. The van der Waals surface area contributed by atoms with E-state index in [0.29, 0.717) is 24.4 Å². The highest BCUT2D eigenvalue weighted by Crippen LogP contribution is 2.21. The highest BCUT2D eigenvalue weighted by atomic mass is 32.2. The first kappa shape index (κ1) is 24.9. The molecule has 2 heterocycles. The fraction of sp³-hybridized carbons (Fsp3) is 0.217. The van der Waals surface area contributed by atoms with Crippen LogP contribution < -0.4 is 15.4 Å². The van der Waals surface area contributed by atoms with Gasteiger partial charge in [0.25, 0.3) is 5.91 Å². The number of hydrogen-bond acceptors (Lipinski definition) is 7. The number of para-hydroxylation sites is 1. The maximum absolute atomic E-state index is 12.9. The van der Waals surface area contributed by atoms with E-state index in [9.17, 15) is 23.1 Å². The van der Waals surface area contributed by atoms with Gasteiger partial charge in [-0.05, 0) is 31.0 Å². The van der Waals surface area contributed by atoms with Crippen LogP contribution in [0, 0.1) is 0 Å². The minimum absolute atomic E-state index is 0.0734. The summed E-state index contributed by atoms with van der Waals surface area (Å²) in [6.45, 7) is 0.232. The average molecular weight is 512 g/mol. The van der Waals surface area contributed by atoms with E-state index in [1.165, 1.54) is 24.3 Å². The monoisotopic (exact) mass is 511 g/mol. The average Bonchev–Trinajstić information content (AvgIpc) is 3.54. The topological polar surface area (TPSA) is 182 Å². The van der Waals surface area contributed by atoms with Gasteiger partial charge in [0.15, 0.2) is 5.95 Å². The van der Waals surface area contributed by atoms with Gasteiger partial charge in [0.05, 0.1) is 10.5 Å². The molecule has 1 unspecified atom stereocenters. The number of hydrogen-bond donors (Lipinski definition) is 6. The number of carbonyl (C=O) groups excluding carboxylic acids is 1. The summed E-state index contributed by atoms with van der Waals surface area (Å²) in [5.74, 6) is -1.30. The number of H-pyrrole nitrogens is 2. The third kappa shape index (κ3) is 5.87. The van der Waals surface area contributed by atoms with Crippen LogP contribution in [-0.2, 0) is 21.2 Å². The van der Waals surface area contributed by atoms with Crippen LogP contribution in [0.2, 0.25) is 0 Å². The second-order valence-corrected chi connectivity index (χ2v) is 9.62. The molecule has 1 atom stereocenters. The predicted octanol–water partition coefficient (Wildman–Crippen LogP) is 1.49. The number of aromatic nitrogens is 4. The van der Waals surface area contributed by atoms with Crippen LogP contribution in [0.5, 0.6) is 0 Å². The Labute approximate surface area is 206 Å². The largest absolute Gasteiger partial charge is 0.480 e. The van der Waals surface area contributed by atoms with E-state index in [1.54, 1.807) is 30.6 Å². The maximum atomic E-state index is 12.9. The number of carboxylic acid groups (broad SMARTS) is 1. The number of rotatable bonds is 12. The van der Waals surface area contributed by atoms with Gasteiger partial charge in [-0.25, -0.2) is 13.4 Å². The van der Waals surface area contributed by atoms with Gasteiger partial charge in [-0.3, -0.25) is 14.7 Å². The van der Waals surface area contributed by atoms with Crippen LogP contribution in [0.1, 0.15) is 22.5 Å². The van der Waals surface area contributed by atoms with E-state index in [1.807, 2.05) is 6.07 Å². The van der Waals surface area contributed by atoms with Crippen LogP contribution in [0.3, 0.4) is 0 Å². The molecule has 0 fully saturated rings. The number of sulfonamides is 1. The molecule has 0 aliphatic carbocycles. The summed E-state index contributed by atoms with van der Waals surface area (Å²) in [5.41, 5.74) is 1.56. The number of amides is 1. The molecule has 4 rings (SSSR count). The van der Waals surface area contributed by atoms with Gasteiger partial charge in [-0.15, -0.1) is 0 Å². The number of anilines is 1. The van der Waals surface area contributed by atoms with Crippen LogP contribution in [-0.4, -0.2) is 64.7 Å². The normalized spacial score (nSPS) is 12.3. The quantitative estimate of drug-likeness (QED) is 0.155. The van der Waals surface area contributed by atoms with Gasteiger partial charge >= 0.3 is 5.97 Å². The lowest BCUT2D eigenvalue weighted by atomic mass is 10.1. The molecule has 0 aliphatic rings. The van der Waals surface area contributed by atoms with Crippen molar-refractivity contribution in [2.75, 3.05) is 18.4 Å². The highest BCUT2D eigenvalue weighted by Gasteiger charge is 2.26. The van der Waals surface area contributed by atoms with Crippen molar-refractivity contribution in [1.29, 1.82) is 0 Å². The molecule has 2 aromatic carbocycles. The van der Waals surface area contributed by atoms with Crippen molar-refractivity contribution in [2.45, 2.75) is 23.8 Å². The van der Waals surface area contributed by atoms with Gasteiger partial charge in [0.2, 0.25) is 10.0 Å². The van der Waals surface area contributed by atoms with Crippen LogP contribution in [0.25, 0.3) is 10.9 Å². The molecule has 0 spiro atoms. The molecule has 4 aromatic rings. The Morgan fingerprint density at radius 3 is 2.61 bits per heavy atom. The Bertz CT molecular complexity index is 1440. The van der Waals surface area contributed by atoms with E-state index in [-0.39, 0.29) is 10.5 Å². The molecule has 12 nitrogen and oxygen atoms in total. The van der Waals surface area contributed by atoms with Crippen molar-refractivity contribution in [1.82, 2.24) is 30.2 Å². The lowest BCUT2D eigenvalue weighted by Crippen LogP contribution is -2.48. The zero-order valence-electron chi connectivity index (χ0n) is 19.1. The fourth-order valence-electron chi connectivity index (χ4n) is 3.62. The number of imidazole rings is 1. The summed E-state index contributed by atoms with van der Waals surface area (Å²) in [5, 5.41) is 23.2. The summed E-state index contributed by atoms with van der Waals surface area (Å²) >= 11 is 0. The smallest absolute Gasteiger partial charge is 0.323 e. The predicted molar refractivity (Wildman–Crippen MR) is 132 cm³/mol. The summed E-state index contributed by atoms with van der Waals surface area (Å²) in [4.78, 5) is 31.5. The molecular weight excluding hydrogens is 486 g/mol. The number of carboxylic acids is 1. The number of nitrogens with zero attached hydrogens (tertiary/aromatic N) is 2. The van der Waals surface area contributed by atoms with Crippen molar-refractivity contribution in [3.8, 4) is 0 Å². The van der Waals surface area contributed by atoms with Gasteiger partial charge in [-0.2, -0.15) is 9.82 Å². The van der Waals surface area contributed by atoms with E-state index in [4.69, 9.17) is 0 Å². The van der Waals surface area contributed by atoms with Crippen molar-refractivity contribution in [3.63, 3.8) is 0 Å². The molecule has 0 saturated carbocycles.